The molecule has 0 aliphatic rings. The molecule has 0 saturated carbocycles. The molecule has 1 aromatic heterocycles. The summed E-state index contributed by atoms with van der Waals surface area (Å²) in [6.45, 7) is 3.45. The number of aliphatic hydroxyl groups excluding tert-OH is 1. The van der Waals surface area contributed by atoms with Crippen LogP contribution >= 0.6 is 11.5 Å². The summed E-state index contributed by atoms with van der Waals surface area (Å²) in [6.07, 6.45) is 0. The summed E-state index contributed by atoms with van der Waals surface area (Å²) < 4.78 is 3.74. The number of anilines is 1. The Morgan fingerprint density at radius 2 is 2.25 bits per heavy atom. The van der Waals surface area contributed by atoms with Crippen LogP contribution < -0.4 is 5.32 Å². The number of aromatic nitrogens is 2. The molecule has 0 atom stereocenters. The summed E-state index contributed by atoms with van der Waals surface area (Å²) in [5.41, 5.74) is 2.90. The Labute approximate surface area is 120 Å². The Balaban J connectivity index is 2.29. The lowest BCUT2D eigenvalue weighted by Gasteiger charge is -2.07. The van der Waals surface area contributed by atoms with Crippen LogP contribution in [0.3, 0.4) is 0 Å². The standard InChI is InChI=1S/C14H13N3O2S/c1-9-5-6-12(11(8-9)4-3-7-18)15-14(19)13-10(2)16-17-20-13/h5-6,8,18H,7H2,1-2H3,(H,15,19). The second-order valence-corrected chi connectivity index (χ2v) is 4.90. The first-order chi connectivity index (χ1) is 9.61. The average molecular weight is 287 g/mol. The Bertz CT molecular complexity index is 698. The molecule has 0 aliphatic carbocycles. The predicted molar refractivity (Wildman–Crippen MR) is 77.7 cm³/mol. The highest BCUT2D eigenvalue weighted by molar-refractivity contribution is 7.08. The van der Waals surface area contributed by atoms with Crippen LogP contribution in [0.2, 0.25) is 0 Å². The number of benzene rings is 1. The van der Waals surface area contributed by atoms with E-state index < -0.39 is 0 Å². The normalized spacial score (nSPS) is 9.75. The van der Waals surface area contributed by atoms with Crippen LogP contribution in [0.4, 0.5) is 5.69 Å². The van der Waals surface area contributed by atoms with Crippen LogP contribution in [0.5, 0.6) is 0 Å². The zero-order valence-electron chi connectivity index (χ0n) is 11.1. The van der Waals surface area contributed by atoms with Crippen LogP contribution in [0.1, 0.15) is 26.5 Å². The smallest absolute Gasteiger partial charge is 0.269 e. The highest BCUT2D eigenvalue weighted by atomic mass is 32.1. The number of hydrogen-bond donors (Lipinski definition) is 2. The summed E-state index contributed by atoms with van der Waals surface area (Å²) in [5, 5.41) is 15.4. The topological polar surface area (TPSA) is 75.1 Å². The van der Waals surface area contributed by atoms with Gasteiger partial charge in [-0.2, -0.15) is 0 Å². The Hall–Kier alpha value is -2.23. The molecule has 0 fully saturated rings. The molecule has 0 spiro atoms. The van der Waals surface area contributed by atoms with Gasteiger partial charge in [-0.1, -0.05) is 22.4 Å². The third-order valence-electron chi connectivity index (χ3n) is 2.58. The van der Waals surface area contributed by atoms with E-state index in [0.717, 1.165) is 17.1 Å². The summed E-state index contributed by atoms with van der Waals surface area (Å²) in [6, 6.07) is 5.53. The molecule has 102 valence electrons. The maximum atomic E-state index is 12.1. The van der Waals surface area contributed by atoms with Crippen LogP contribution in [0, 0.1) is 25.7 Å². The molecule has 0 aliphatic heterocycles. The van der Waals surface area contributed by atoms with E-state index >= 15 is 0 Å². The molecule has 2 aromatic rings. The molecule has 2 N–H and O–H groups in total. The zero-order valence-corrected chi connectivity index (χ0v) is 11.9. The fourth-order valence-corrected chi connectivity index (χ4v) is 2.18. The van der Waals surface area contributed by atoms with E-state index in [1.54, 1.807) is 13.0 Å². The van der Waals surface area contributed by atoms with Gasteiger partial charge in [0.05, 0.1) is 11.4 Å². The number of carbonyl (C=O) groups excluding carboxylic acids is 1. The maximum Gasteiger partial charge on any atom is 0.269 e. The van der Waals surface area contributed by atoms with Crippen molar-refractivity contribution >= 4 is 23.1 Å². The van der Waals surface area contributed by atoms with Crippen LogP contribution in [0.15, 0.2) is 18.2 Å². The Morgan fingerprint density at radius 1 is 1.45 bits per heavy atom. The molecular formula is C14H13N3O2S. The van der Waals surface area contributed by atoms with Crippen molar-refractivity contribution in [1.82, 2.24) is 9.59 Å². The molecule has 0 unspecified atom stereocenters. The van der Waals surface area contributed by atoms with Crippen molar-refractivity contribution in [3.63, 3.8) is 0 Å². The molecule has 20 heavy (non-hydrogen) atoms. The minimum Gasteiger partial charge on any atom is -0.384 e. The molecule has 1 heterocycles. The van der Waals surface area contributed by atoms with E-state index in [1.165, 1.54) is 0 Å². The van der Waals surface area contributed by atoms with Gasteiger partial charge < -0.3 is 10.4 Å². The fourth-order valence-electron chi connectivity index (χ4n) is 1.62. The zero-order chi connectivity index (χ0) is 14.5. The third-order valence-corrected chi connectivity index (χ3v) is 3.41. The maximum absolute atomic E-state index is 12.1. The van der Waals surface area contributed by atoms with Crippen molar-refractivity contribution in [1.29, 1.82) is 0 Å². The molecule has 0 radical (unpaired) electrons. The van der Waals surface area contributed by atoms with Crippen LogP contribution in [0.25, 0.3) is 0 Å². The summed E-state index contributed by atoms with van der Waals surface area (Å²) >= 11 is 1.05. The summed E-state index contributed by atoms with van der Waals surface area (Å²) in [7, 11) is 0. The number of hydrogen-bond acceptors (Lipinski definition) is 5. The number of nitrogens with one attached hydrogen (secondary N) is 1. The number of rotatable bonds is 2. The van der Waals surface area contributed by atoms with Gasteiger partial charge in [0.2, 0.25) is 0 Å². The summed E-state index contributed by atoms with van der Waals surface area (Å²) in [4.78, 5) is 12.6. The van der Waals surface area contributed by atoms with Gasteiger partial charge in [0.15, 0.2) is 0 Å². The van der Waals surface area contributed by atoms with Gasteiger partial charge in [0, 0.05) is 5.56 Å². The Morgan fingerprint density at radius 3 is 2.90 bits per heavy atom. The third kappa shape index (κ3) is 3.20. The molecule has 0 saturated heterocycles. The average Bonchev–Trinajstić information content (AvgIpc) is 2.85. The van der Waals surface area contributed by atoms with E-state index in [2.05, 4.69) is 26.7 Å². The van der Waals surface area contributed by atoms with Crippen molar-refractivity contribution in [2.24, 2.45) is 0 Å². The second kappa shape index (κ2) is 6.28. The monoisotopic (exact) mass is 287 g/mol. The second-order valence-electron chi connectivity index (χ2n) is 4.15. The molecule has 1 aromatic carbocycles. The lowest BCUT2D eigenvalue weighted by atomic mass is 10.1. The molecule has 5 nitrogen and oxygen atoms in total. The predicted octanol–water partition coefficient (Wildman–Crippen LogP) is 1.75. The molecule has 1 amide bonds. The van der Waals surface area contributed by atoms with Crippen molar-refractivity contribution < 1.29 is 9.90 Å². The number of amides is 1. The van der Waals surface area contributed by atoms with Gasteiger partial charge in [-0.15, -0.1) is 5.10 Å². The highest BCUT2D eigenvalue weighted by Crippen LogP contribution is 2.19. The lowest BCUT2D eigenvalue weighted by Crippen LogP contribution is -2.12. The van der Waals surface area contributed by atoms with Gasteiger partial charge >= 0.3 is 0 Å². The largest absolute Gasteiger partial charge is 0.384 e. The van der Waals surface area contributed by atoms with Gasteiger partial charge in [0.1, 0.15) is 11.5 Å². The van der Waals surface area contributed by atoms with Crippen LogP contribution in [-0.2, 0) is 0 Å². The van der Waals surface area contributed by atoms with E-state index in [0.29, 0.717) is 21.8 Å². The highest BCUT2D eigenvalue weighted by Gasteiger charge is 2.14. The van der Waals surface area contributed by atoms with Gasteiger partial charge in [0.25, 0.3) is 5.91 Å². The fraction of sp³-hybridized carbons (Fsp3) is 0.214. The van der Waals surface area contributed by atoms with E-state index in [1.807, 2.05) is 19.1 Å². The molecule has 6 heteroatoms. The van der Waals surface area contributed by atoms with Gasteiger partial charge in [-0.3, -0.25) is 4.79 Å². The minimum absolute atomic E-state index is 0.223. The number of carbonyl (C=O) groups is 1. The number of aliphatic hydroxyl groups is 1. The summed E-state index contributed by atoms with van der Waals surface area (Å²) in [5.74, 6) is 5.15. The lowest BCUT2D eigenvalue weighted by molar-refractivity contribution is 0.103. The van der Waals surface area contributed by atoms with E-state index in [4.69, 9.17) is 5.11 Å². The first kappa shape index (κ1) is 14.2. The van der Waals surface area contributed by atoms with Gasteiger partial charge in [-0.25, -0.2) is 0 Å². The van der Waals surface area contributed by atoms with Crippen molar-refractivity contribution in [3.05, 3.63) is 39.9 Å². The van der Waals surface area contributed by atoms with Crippen molar-refractivity contribution in [2.45, 2.75) is 13.8 Å². The van der Waals surface area contributed by atoms with Crippen molar-refractivity contribution in [2.75, 3.05) is 11.9 Å². The van der Waals surface area contributed by atoms with E-state index in [9.17, 15) is 4.79 Å². The number of nitrogens with zero attached hydrogens (tertiary/aromatic N) is 2. The van der Waals surface area contributed by atoms with Crippen LogP contribution in [-0.4, -0.2) is 27.2 Å². The van der Waals surface area contributed by atoms with Gasteiger partial charge in [-0.05, 0) is 43.1 Å². The molecule has 2 rings (SSSR count). The SMILES string of the molecule is Cc1ccc(NC(=O)c2snnc2C)c(C#CCO)c1. The number of aryl methyl sites for hydroxylation is 2. The molecular weight excluding hydrogens is 274 g/mol. The first-order valence-electron chi connectivity index (χ1n) is 5.92. The Kier molecular flexibility index (Phi) is 4.45. The minimum atomic E-state index is -0.256. The molecule has 0 bridgehead atoms. The van der Waals surface area contributed by atoms with E-state index in [-0.39, 0.29) is 12.5 Å². The quantitative estimate of drug-likeness (QED) is 0.825. The van der Waals surface area contributed by atoms with Crippen molar-refractivity contribution in [3.8, 4) is 11.8 Å². The first-order valence-corrected chi connectivity index (χ1v) is 6.70.